The molecule has 0 atom stereocenters. The number of hydrogen-bond donors (Lipinski definition) is 2. The standard InChI is InChI=1S/C21H18F3N5O/c1-29-18(8-13-6-7-17(28-19(13)29)16-11-26-27-12-16)20(30)25-10-15-5-3-2-4-14(15)9-21(22,23)24/h2-8,11-12H,9-10H2,1H3,(H,25,30)(H,26,27). The molecule has 4 aromatic rings. The molecule has 0 fully saturated rings. The molecule has 4 rings (SSSR count). The summed E-state index contributed by atoms with van der Waals surface area (Å²) >= 11 is 0. The van der Waals surface area contributed by atoms with Crippen LogP contribution in [0.2, 0.25) is 0 Å². The zero-order valence-electron chi connectivity index (χ0n) is 16.0. The molecule has 2 N–H and O–H groups in total. The molecule has 0 aliphatic heterocycles. The van der Waals surface area contributed by atoms with E-state index in [4.69, 9.17) is 0 Å². The lowest BCUT2D eigenvalue weighted by Gasteiger charge is -2.13. The van der Waals surface area contributed by atoms with E-state index in [1.807, 2.05) is 12.1 Å². The van der Waals surface area contributed by atoms with Gasteiger partial charge in [-0.05, 0) is 29.3 Å². The minimum atomic E-state index is -4.31. The third-order valence-electron chi connectivity index (χ3n) is 4.85. The van der Waals surface area contributed by atoms with Crippen LogP contribution in [0.4, 0.5) is 13.2 Å². The zero-order chi connectivity index (χ0) is 21.3. The third kappa shape index (κ3) is 4.05. The number of pyridine rings is 1. The molecule has 0 aliphatic rings. The van der Waals surface area contributed by atoms with E-state index in [1.165, 1.54) is 6.07 Å². The van der Waals surface area contributed by atoms with Gasteiger partial charge in [0.15, 0.2) is 0 Å². The van der Waals surface area contributed by atoms with Crippen LogP contribution in [0.25, 0.3) is 22.3 Å². The second-order valence-electron chi connectivity index (χ2n) is 6.93. The number of hydrogen-bond acceptors (Lipinski definition) is 3. The van der Waals surface area contributed by atoms with Crippen molar-refractivity contribution in [2.45, 2.75) is 19.1 Å². The summed E-state index contributed by atoms with van der Waals surface area (Å²) in [7, 11) is 1.72. The Labute approximate surface area is 169 Å². The first-order valence-electron chi connectivity index (χ1n) is 9.19. The zero-order valence-corrected chi connectivity index (χ0v) is 16.0. The lowest BCUT2D eigenvalue weighted by molar-refractivity contribution is -0.127. The SMILES string of the molecule is Cn1c(C(=O)NCc2ccccc2CC(F)(F)F)cc2ccc(-c3cn[nH]c3)nc21. The van der Waals surface area contributed by atoms with Gasteiger partial charge < -0.3 is 9.88 Å². The Balaban J connectivity index is 1.55. The minimum absolute atomic E-state index is 0.000307. The van der Waals surface area contributed by atoms with Crippen LogP contribution in [0.1, 0.15) is 21.6 Å². The summed E-state index contributed by atoms with van der Waals surface area (Å²) in [5.41, 5.74) is 3.11. The molecule has 0 unspecified atom stereocenters. The fourth-order valence-electron chi connectivity index (χ4n) is 3.35. The summed E-state index contributed by atoms with van der Waals surface area (Å²) in [6, 6.07) is 11.6. The molecule has 9 heteroatoms. The molecule has 0 saturated carbocycles. The highest BCUT2D eigenvalue weighted by Gasteiger charge is 2.28. The molecule has 6 nitrogen and oxygen atoms in total. The molecule has 0 bridgehead atoms. The molecular formula is C21H18F3N5O. The Hall–Kier alpha value is -3.62. The quantitative estimate of drug-likeness (QED) is 0.519. The van der Waals surface area contributed by atoms with Gasteiger partial charge in [0.2, 0.25) is 0 Å². The smallest absolute Gasteiger partial charge is 0.347 e. The monoisotopic (exact) mass is 413 g/mol. The number of rotatable bonds is 5. The van der Waals surface area contributed by atoms with Gasteiger partial charge in [-0.15, -0.1) is 0 Å². The lowest BCUT2D eigenvalue weighted by Crippen LogP contribution is -2.26. The molecule has 154 valence electrons. The molecule has 0 radical (unpaired) electrons. The number of halogens is 3. The molecule has 30 heavy (non-hydrogen) atoms. The van der Waals surface area contributed by atoms with E-state index in [2.05, 4.69) is 20.5 Å². The highest BCUT2D eigenvalue weighted by Crippen LogP contribution is 2.24. The first-order valence-corrected chi connectivity index (χ1v) is 9.19. The van der Waals surface area contributed by atoms with E-state index in [1.54, 1.807) is 48.3 Å². The second-order valence-corrected chi connectivity index (χ2v) is 6.93. The van der Waals surface area contributed by atoms with Crippen LogP contribution in [0.5, 0.6) is 0 Å². The van der Waals surface area contributed by atoms with Gasteiger partial charge in [0.1, 0.15) is 11.3 Å². The number of nitrogens with zero attached hydrogens (tertiary/aromatic N) is 3. The van der Waals surface area contributed by atoms with Crippen molar-refractivity contribution in [3.63, 3.8) is 0 Å². The molecule has 3 heterocycles. The van der Waals surface area contributed by atoms with Gasteiger partial charge in [-0.25, -0.2) is 4.98 Å². The van der Waals surface area contributed by atoms with E-state index in [0.29, 0.717) is 22.6 Å². The third-order valence-corrected chi connectivity index (χ3v) is 4.85. The molecule has 1 aromatic carbocycles. The van der Waals surface area contributed by atoms with Crippen molar-refractivity contribution in [2.75, 3.05) is 0 Å². The molecular weight excluding hydrogens is 395 g/mol. The average molecular weight is 413 g/mol. The predicted molar refractivity (Wildman–Crippen MR) is 106 cm³/mol. The lowest BCUT2D eigenvalue weighted by atomic mass is 10.0. The summed E-state index contributed by atoms with van der Waals surface area (Å²) in [4.78, 5) is 17.3. The molecule has 3 aromatic heterocycles. The van der Waals surface area contributed by atoms with Crippen molar-refractivity contribution in [3.8, 4) is 11.3 Å². The summed E-state index contributed by atoms with van der Waals surface area (Å²) < 4.78 is 40.0. The van der Waals surface area contributed by atoms with Crippen LogP contribution in [-0.4, -0.2) is 31.8 Å². The summed E-state index contributed by atoms with van der Waals surface area (Å²) in [5.74, 6) is -0.387. The maximum absolute atomic E-state index is 12.8. The number of aromatic nitrogens is 4. The Morgan fingerprint density at radius 1 is 1.17 bits per heavy atom. The highest BCUT2D eigenvalue weighted by molar-refractivity contribution is 5.98. The normalized spacial score (nSPS) is 11.7. The van der Waals surface area contributed by atoms with E-state index < -0.39 is 12.6 Å². The summed E-state index contributed by atoms with van der Waals surface area (Å²) in [5, 5.41) is 10.1. The van der Waals surface area contributed by atoms with E-state index in [-0.39, 0.29) is 18.0 Å². The number of alkyl halides is 3. The Bertz CT molecular complexity index is 1200. The van der Waals surface area contributed by atoms with E-state index in [0.717, 1.165) is 10.9 Å². The van der Waals surface area contributed by atoms with Gasteiger partial charge in [0.25, 0.3) is 5.91 Å². The van der Waals surface area contributed by atoms with Crippen molar-refractivity contribution >= 4 is 16.9 Å². The molecule has 0 spiro atoms. The highest BCUT2D eigenvalue weighted by atomic mass is 19.4. The van der Waals surface area contributed by atoms with Gasteiger partial charge in [-0.2, -0.15) is 18.3 Å². The fraction of sp³-hybridized carbons (Fsp3) is 0.190. The largest absolute Gasteiger partial charge is 0.393 e. The Morgan fingerprint density at radius 2 is 1.93 bits per heavy atom. The van der Waals surface area contributed by atoms with Crippen LogP contribution < -0.4 is 5.32 Å². The molecule has 0 saturated heterocycles. The number of aromatic amines is 1. The number of fused-ring (bicyclic) bond motifs is 1. The summed E-state index contributed by atoms with van der Waals surface area (Å²) in [6.45, 7) is 0.000307. The Kier molecular flexibility index (Phi) is 5.03. The first kappa shape index (κ1) is 19.7. The topological polar surface area (TPSA) is 75.6 Å². The van der Waals surface area contributed by atoms with Gasteiger partial charge in [0, 0.05) is 30.7 Å². The van der Waals surface area contributed by atoms with Crippen molar-refractivity contribution in [2.24, 2.45) is 7.05 Å². The van der Waals surface area contributed by atoms with Gasteiger partial charge in [0.05, 0.1) is 18.3 Å². The predicted octanol–water partition coefficient (Wildman–Crippen LogP) is 4.00. The van der Waals surface area contributed by atoms with Crippen LogP contribution >= 0.6 is 0 Å². The molecule has 1 amide bonds. The van der Waals surface area contributed by atoms with Crippen molar-refractivity contribution in [3.05, 3.63) is 71.7 Å². The average Bonchev–Trinajstić information content (AvgIpc) is 3.34. The second kappa shape index (κ2) is 7.66. The van der Waals surface area contributed by atoms with E-state index >= 15 is 0 Å². The van der Waals surface area contributed by atoms with Gasteiger partial charge in [-0.3, -0.25) is 9.89 Å². The number of carbonyl (C=O) groups is 1. The number of carbonyl (C=O) groups excluding carboxylic acids is 1. The van der Waals surface area contributed by atoms with Gasteiger partial charge in [-0.1, -0.05) is 24.3 Å². The fourth-order valence-corrected chi connectivity index (χ4v) is 3.35. The first-order chi connectivity index (χ1) is 14.3. The molecule has 0 aliphatic carbocycles. The van der Waals surface area contributed by atoms with Gasteiger partial charge >= 0.3 is 6.18 Å². The van der Waals surface area contributed by atoms with Crippen LogP contribution in [0, 0.1) is 0 Å². The Morgan fingerprint density at radius 3 is 2.63 bits per heavy atom. The number of amides is 1. The summed E-state index contributed by atoms with van der Waals surface area (Å²) in [6.07, 6.45) is -1.96. The van der Waals surface area contributed by atoms with Crippen LogP contribution in [-0.2, 0) is 20.0 Å². The van der Waals surface area contributed by atoms with Crippen molar-refractivity contribution in [1.29, 1.82) is 0 Å². The van der Waals surface area contributed by atoms with Crippen LogP contribution in [0.15, 0.2) is 54.9 Å². The number of nitrogens with one attached hydrogen (secondary N) is 2. The number of benzene rings is 1. The minimum Gasteiger partial charge on any atom is -0.347 e. The van der Waals surface area contributed by atoms with E-state index in [9.17, 15) is 18.0 Å². The number of aryl methyl sites for hydroxylation is 1. The maximum atomic E-state index is 12.8. The van der Waals surface area contributed by atoms with Crippen LogP contribution in [0.3, 0.4) is 0 Å². The maximum Gasteiger partial charge on any atom is 0.393 e. The van der Waals surface area contributed by atoms with Crippen molar-refractivity contribution in [1.82, 2.24) is 25.1 Å². The van der Waals surface area contributed by atoms with Crippen molar-refractivity contribution < 1.29 is 18.0 Å². The number of H-pyrrole nitrogens is 1.